The van der Waals surface area contributed by atoms with E-state index in [1.54, 1.807) is 80.9 Å². The zero-order valence-corrected chi connectivity index (χ0v) is 20.5. The van der Waals surface area contributed by atoms with Crippen LogP contribution in [-0.2, 0) is 23.1 Å². The minimum atomic E-state index is -3.86. The molecule has 0 spiro atoms. The molecule has 0 saturated heterocycles. The molecule has 0 saturated carbocycles. The third-order valence-electron chi connectivity index (χ3n) is 5.75. The lowest BCUT2D eigenvalue weighted by molar-refractivity contribution is 0.174. The van der Waals surface area contributed by atoms with Gasteiger partial charge in [0.1, 0.15) is 11.5 Å². The van der Waals surface area contributed by atoms with Gasteiger partial charge in [-0.1, -0.05) is 29.4 Å². The molecule has 5 rings (SSSR count). The second-order valence-corrected chi connectivity index (χ2v) is 9.96. The monoisotopic (exact) mass is 508 g/mol. The number of hydrogen-bond acceptors (Lipinski definition) is 8. The van der Waals surface area contributed by atoms with Crippen LogP contribution >= 0.6 is 0 Å². The first-order valence-electron chi connectivity index (χ1n) is 11.1. The smallest absolute Gasteiger partial charge is 0.243 e. The molecule has 1 aromatic heterocycles. The van der Waals surface area contributed by atoms with Gasteiger partial charge in [0, 0.05) is 12.6 Å². The fourth-order valence-corrected chi connectivity index (χ4v) is 5.33. The third kappa shape index (κ3) is 4.73. The van der Waals surface area contributed by atoms with Crippen LogP contribution in [0, 0.1) is 0 Å². The van der Waals surface area contributed by atoms with Gasteiger partial charge in [0.05, 0.1) is 36.9 Å². The summed E-state index contributed by atoms with van der Waals surface area (Å²) in [6, 6.07) is 20.7. The van der Waals surface area contributed by atoms with Gasteiger partial charge in [-0.05, 0) is 48.0 Å². The predicted molar refractivity (Wildman–Crippen MR) is 130 cm³/mol. The van der Waals surface area contributed by atoms with Crippen LogP contribution in [0.25, 0.3) is 11.3 Å². The lowest BCUT2D eigenvalue weighted by Crippen LogP contribution is -2.30. The molecule has 0 atom stereocenters. The second kappa shape index (κ2) is 9.92. The molecule has 4 aromatic rings. The fraction of sp³-hybridized carbons (Fsp3) is 0.192. The van der Waals surface area contributed by atoms with E-state index in [0.717, 1.165) is 5.56 Å². The van der Waals surface area contributed by atoms with Gasteiger partial charge in [-0.15, -0.1) is 0 Å². The maximum atomic E-state index is 13.6. The van der Waals surface area contributed by atoms with E-state index in [2.05, 4.69) is 5.16 Å². The number of ether oxygens (including phenoxy) is 4. The molecule has 186 valence electrons. The van der Waals surface area contributed by atoms with Crippen molar-refractivity contribution in [1.29, 1.82) is 0 Å². The Balaban J connectivity index is 1.48. The Bertz CT molecular complexity index is 1470. The highest BCUT2D eigenvalue weighted by molar-refractivity contribution is 7.89. The van der Waals surface area contributed by atoms with E-state index in [4.69, 9.17) is 23.5 Å². The zero-order chi connectivity index (χ0) is 25.1. The molecular weight excluding hydrogens is 484 g/mol. The number of sulfonamides is 1. The normalized spacial score (nSPS) is 12.6. The number of nitrogens with zero attached hydrogens (tertiary/aromatic N) is 2. The van der Waals surface area contributed by atoms with Crippen molar-refractivity contribution in [2.75, 3.05) is 21.0 Å². The summed E-state index contributed by atoms with van der Waals surface area (Å²) >= 11 is 0. The highest BCUT2D eigenvalue weighted by Gasteiger charge is 2.27. The van der Waals surface area contributed by atoms with E-state index in [-0.39, 0.29) is 24.8 Å². The van der Waals surface area contributed by atoms with Crippen molar-refractivity contribution in [2.24, 2.45) is 0 Å². The summed E-state index contributed by atoms with van der Waals surface area (Å²) in [5.74, 6) is 2.84. The van der Waals surface area contributed by atoms with E-state index < -0.39 is 10.0 Å². The van der Waals surface area contributed by atoms with Gasteiger partial charge >= 0.3 is 0 Å². The molecule has 0 amide bonds. The van der Waals surface area contributed by atoms with Crippen molar-refractivity contribution >= 4 is 10.0 Å². The van der Waals surface area contributed by atoms with Crippen molar-refractivity contribution in [2.45, 2.75) is 18.0 Å². The Morgan fingerprint density at radius 1 is 0.889 bits per heavy atom. The SMILES string of the molecule is COc1ccc(OC)c(-c2cc(CN(Cc3ccc4c(c3)OCO4)S(=O)(=O)c3ccccc3)no2)c1. The average Bonchev–Trinajstić information content (AvgIpc) is 3.58. The Morgan fingerprint density at radius 2 is 1.69 bits per heavy atom. The third-order valence-corrected chi connectivity index (χ3v) is 7.55. The molecule has 10 heteroatoms. The Morgan fingerprint density at radius 3 is 2.47 bits per heavy atom. The standard InChI is InChI=1S/C26H24N2O7S/c1-31-20-9-11-23(32-2)22(14-20)25-13-19(27-35-25)16-28(36(29,30)21-6-4-3-5-7-21)15-18-8-10-24-26(12-18)34-17-33-24/h3-14H,15-17H2,1-2H3. The number of aromatic nitrogens is 1. The number of hydrogen-bond donors (Lipinski definition) is 0. The van der Waals surface area contributed by atoms with Gasteiger partial charge in [-0.3, -0.25) is 0 Å². The number of benzene rings is 3. The van der Waals surface area contributed by atoms with E-state index in [1.165, 1.54) is 4.31 Å². The minimum Gasteiger partial charge on any atom is -0.497 e. The van der Waals surface area contributed by atoms with Crippen LogP contribution in [0.3, 0.4) is 0 Å². The van der Waals surface area contributed by atoms with Gasteiger partial charge in [-0.2, -0.15) is 4.31 Å². The lowest BCUT2D eigenvalue weighted by Gasteiger charge is -2.21. The number of rotatable bonds is 9. The van der Waals surface area contributed by atoms with Crippen molar-refractivity contribution in [3.05, 3.63) is 84.1 Å². The van der Waals surface area contributed by atoms with Crippen LogP contribution in [0.15, 0.2) is 82.2 Å². The molecule has 1 aliphatic rings. The Hall–Kier alpha value is -4.02. The van der Waals surface area contributed by atoms with Crippen LogP contribution in [-0.4, -0.2) is 38.9 Å². The number of methoxy groups -OCH3 is 2. The van der Waals surface area contributed by atoms with Gasteiger partial charge in [-0.25, -0.2) is 8.42 Å². The summed E-state index contributed by atoms with van der Waals surface area (Å²) in [7, 11) is -0.729. The Kier molecular flexibility index (Phi) is 6.53. The van der Waals surface area contributed by atoms with E-state index in [0.29, 0.717) is 40.0 Å². The van der Waals surface area contributed by atoms with Gasteiger partial charge in [0.2, 0.25) is 16.8 Å². The summed E-state index contributed by atoms with van der Waals surface area (Å²) in [4.78, 5) is 0.184. The molecule has 0 aliphatic carbocycles. The summed E-state index contributed by atoms with van der Waals surface area (Å²) < 4.78 is 55.7. The Labute approximate surface area is 208 Å². The van der Waals surface area contributed by atoms with Crippen molar-refractivity contribution in [1.82, 2.24) is 9.46 Å². The predicted octanol–water partition coefficient (Wildman–Crippen LogP) is 4.48. The summed E-state index contributed by atoms with van der Waals surface area (Å²) in [6.45, 7) is 0.222. The number of fused-ring (bicyclic) bond motifs is 1. The fourth-order valence-electron chi connectivity index (χ4n) is 3.91. The van der Waals surface area contributed by atoms with Crippen LogP contribution in [0.1, 0.15) is 11.3 Å². The van der Waals surface area contributed by atoms with Crippen molar-refractivity contribution in [3.8, 4) is 34.3 Å². The molecule has 9 nitrogen and oxygen atoms in total. The van der Waals surface area contributed by atoms with Crippen LogP contribution < -0.4 is 18.9 Å². The van der Waals surface area contributed by atoms with Gasteiger partial charge in [0.25, 0.3) is 0 Å². The largest absolute Gasteiger partial charge is 0.497 e. The van der Waals surface area contributed by atoms with E-state index in [1.807, 2.05) is 6.07 Å². The first-order valence-corrected chi connectivity index (χ1v) is 12.5. The molecule has 0 fully saturated rings. The molecule has 3 aromatic carbocycles. The van der Waals surface area contributed by atoms with E-state index >= 15 is 0 Å². The highest BCUT2D eigenvalue weighted by atomic mass is 32.2. The van der Waals surface area contributed by atoms with Crippen LogP contribution in [0.2, 0.25) is 0 Å². The van der Waals surface area contributed by atoms with E-state index in [9.17, 15) is 8.42 Å². The quantitative estimate of drug-likeness (QED) is 0.326. The molecule has 0 N–H and O–H groups in total. The molecule has 0 radical (unpaired) electrons. The van der Waals surface area contributed by atoms with Crippen LogP contribution in [0.4, 0.5) is 0 Å². The first-order chi connectivity index (χ1) is 17.5. The molecular formula is C26H24N2O7S. The lowest BCUT2D eigenvalue weighted by atomic mass is 10.1. The van der Waals surface area contributed by atoms with Gasteiger partial charge in [0.15, 0.2) is 17.3 Å². The van der Waals surface area contributed by atoms with Crippen molar-refractivity contribution in [3.63, 3.8) is 0 Å². The molecule has 0 bridgehead atoms. The summed E-state index contributed by atoms with van der Waals surface area (Å²) in [6.07, 6.45) is 0. The average molecular weight is 509 g/mol. The van der Waals surface area contributed by atoms with Crippen molar-refractivity contribution < 1.29 is 31.9 Å². The maximum Gasteiger partial charge on any atom is 0.243 e. The summed E-state index contributed by atoms with van der Waals surface area (Å²) in [5, 5.41) is 4.15. The van der Waals surface area contributed by atoms with Crippen LogP contribution in [0.5, 0.6) is 23.0 Å². The molecule has 2 heterocycles. The summed E-state index contributed by atoms with van der Waals surface area (Å²) in [5.41, 5.74) is 1.83. The molecule has 0 unspecified atom stereocenters. The second-order valence-electron chi connectivity index (χ2n) is 8.02. The topological polar surface area (TPSA) is 100 Å². The molecule has 36 heavy (non-hydrogen) atoms. The molecule has 1 aliphatic heterocycles. The maximum absolute atomic E-state index is 13.6. The zero-order valence-electron chi connectivity index (χ0n) is 19.7. The minimum absolute atomic E-state index is 0.0124. The first kappa shape index (κ1) is 23.7. The highest BCUT2D eigenvalue weighted by Crippen LogP contribution is 2.35. The van der Waals surface area contributed by atoms with Gasteiger partial charge < -0.3 is 23.5 Å².